The van der Waals surface area contributed by atoms with E-state index in [2.05, 4.69) is 40.0 Å². The molecule has 0 amide bonds. The van der Waals surface area contributed by atoms with Crippen LogP contribution < -0.4 is 0 Å². The fourth-order valence-corrected chi connectivity index (χ4v) is 2.61. The van der Waals surface area contributed by atoms with Crippen LogP contribution in [0.15, 0.2) is 48.1 Å². The Morgan fingerprint density at radius 1 is 0.810 bits per heavy atom. The van der Waals surface area contributed by atoms with Gasteiger partial charge in [-0.25, -0.2) is 0 Å². The van der Waals surface area contributed by atoms with Crippen LogP contribution in [0, 0.1) is 0 Å². The maximum atomic E-state index is 3.86. The number of hydrogen-bond acceptors (Lipinski definition) is 0. The monoisotopic (exact) mass is 288 g/mol. The summed E-state index contributed by atoms with van der Waals surface area (Å²) in [5.41, 5.74) is 4.78. The molecule has 0 saturated heterocycles. The predicted molar refractivity (Wildman–Crippen MR) is 98.7 cm³/mol. The van der Waals surface area contributed by atoms with E-state index >= 15 is 0 Å². The molecule has 0 aromatic carbocycles. The Bertz CT molecular complexity index is 337. The molecule has 0 fully saturated rings. The summed E-state index contributed by atoms with van der Waals surface area (Å²) in [6.45, 7) is 14.3. The summed E-state index contributed by atoms with van der Waals surface area (Å²) in [6, 6.07) is 0. The maximum Gasteiger partial charge on any atom is -0.0134 e. The molecule has 0 rings (SSSR count). The van der Waals surface area contributed by atoms with Crippen molar-refractivity contribution in [1.29, 1.82) is 0 Å². The summed E-state index contributed by atoms with van der Waals surface area (Å²) in [6.07, 6.45) is 18.9. The van der Waals surface area contributed by atoms with Crippen molar-refractivity contribution in [2.24, 2.45) is 0 Å². The highest BCUT2D eigenvalue weighted by Gasteiger charge is 2.04. The van der Waals surface area contributed by atoms with Crippen LogP contribution in [-0.4, -0.2) is 0 Å². The first kappa shape index (κ1) is 20.0. The molecule has 0 aromatic rings. The normalized spacial score (nSPS) is 11.8. The average molecular weight is 289 g/mol. The van der Waals surface area contributed by atoms with Gasteiger partial charge in [-0.1, -0.05) is 54.7 Å². The van der Waals surface area contributed by atoms with Gasteiger partial charge in [0, 0.05) is 0 Å². The number of unbranched alkanes of at least 4 members (excludes halogenated alkanes) is 4. The number of allylic oxidation sites excluding steroid dienone is 6. The molecule has 0 bridgehead atoms. The Labute approximate surface area is 133 Å². The van der Waals surface area contributed by atoms with E-state index in [9.17, 15) is 0 Å². The van der Waals surface area contributed by atoms with Crippen molar-refractivity contribution in [3.8, 4) is 0 Å². The van der Waals surface area contributed by atoms with Gasteiger partial charge in [-0.05, 0) is 65.2 Å². The summed E-state index contributed by atoms with van der Waals surface area (Å²) < 4.78 is 0. The minimum Gasteiger partial charge on any atom is -0.103 e. The third-order valence-corrected chi connectivity index (χ3v) is 3.97. The molecule has 0 radical (unpaired) electrons. The van der Waals surface area contributed by atoms with Gasteiger partial charge in [0.15, 0.2) is 0 Å². The first-order valence-electron chi connectivity index (χ1n) is 8.70. The molecule has 21 heavy (non-hydrogen) atoms. The van der Waals surface area contributed by atoms with E-state index in [0.717, 1.165) is 12.8 Å². The Kier molecular flexibility index (Phi) is 13.2. The van der Waals surface area contributed by atoms with Crippen LogP contribution in [0.3, 0.4) is 0 Å². The predicted octanol–water partition coefficient (Wildman–Crippen LogP) is 7.54. The standard InChI is InChI=1S/C21H36/c1-6-9-11-12-13-14-16-21(18-17-19(4)5)20(8-3)15-10-7-2/h6-7,17H,1-2,8-16,18H2,3-5H3. The molecule has 0 aliphatic carbocycles. The van der Waals surface area contributed by atoms with E-state index in [4.69, 9.17) is 0 Å². The van der Waals surface area contributed by atoms with Gasteiger partial charge >= 0.3 is 0 Å². The lowest BCUT2D eigenvalue weighted by atomic mass is 9.93. The zero-order chi connectivity index (χ0) is 15.9. The molecule has 0 N–H and O–H groups in total. The van der Waals surface area contributed by atoms with Crippen molar-refractivity contribution in [3.05, 3.63) is 48.1 Å². The highest BCUT2D eigenvalue weighted by molar-refractivity contribution is 5.18. The largest absolute Gasteiger partial charge is 0.103 e. The molecule has 0 aliphatic heterocycles. The van der Waals surface area contributed by atoms with E-state index < -0.39 is 0 Å². The zero-order valence-corrected chi connectivity index (χ0v) is 14.7. The molecular formula is C21H36. The first-order valence-corrected chi connectivity index (χ1v) is 8.70. The van der Waals surface area contributed by atoms with Crippen molar-refractivity contribution >= 4 is 0 Å². The molecule has 0 aliphatic rings. The first-order chi connectivity index (χ1) is 10.2. The lowest BCUT2D eigenvalue weighted by Gasteiger charge is -2.13. The third kappa shape index (κ3) is 11.3. The molecule has 0 saturated carbocycles. The minimum absolute atomic E-state index is 1.11. The lowest BCUT2D eigenvalue weighted by Crippen LogP contribution is -1.93. The molecule has 0 heterocycles. The van der Waals surface area contributed by atoms with Gasteiger partial charge < -0.3 is 0 Å². The van der Waals surface area contributed by atoms with Crippen molar-refractivity contribution in [1.82, 2.24) is 0 Å². The van der Waals surface area contributed by atoms with Crippen molar-refractivity contribution in [2.75, 3.05) is 0 Å². The van der Waals surface area contributed by atoms with Crippen molar-refractivity contribution in [2.45, 2.75) is 85.0 Å². The number of hydrogen-bond donors (Lipinski definition) is 0. The quantitative estimate of drug-likeness (QED) is 0.242. The minimum atomic E-state index is 1.11. The SMILES string of the molecule is C=CCCCCCCC(CC=C(C)C)=C(CC)CCC=C. The second-order valence-corrected chi connectivity index (χ2v) is 6.12. The smallest absolute Gasteiger partial charge is 0.0134 e. The van der Waals surface area contributed by atoms with Crippen LogP contribution in [0.2, 0.25) is 0 Å². The van der Waals surface area contributed by atoms with Crippen LogP contribution >= 0.6 is 0 Å². The Morgan fingerprint density at radius 3 is 2.05 bits per heavy atom. The van der Waals surface area contributed by atoms with Crippen LogP contribution in [0.5, 0.6) is 0 Å². The third-order valence-electron chi connectivity index (χ3n) is 3.97. The van der Waals surface area contributed by atoms with E-state index in [0.29, 0.717) is 0 Å². The number of rotatable bonds is 13. The van der Waals surface area contributed by atoms with Gasteiger partial charge in [0.2, 0.25) is 0 Å². The van der Waals surface area contributed by atoms with Gasteiger partial charge in [-0.2, -0.15) is 0 Å². The molecule has 0 aromatic heterocycles. The molecule has 0 nitrogen and oxygen atoms in total. The average Bonchev–Trinajstić information content (AvgIpc) is 2.47. The van der Waals surface area contributed by atoms with Crippen LogP contribution in [0.4, 0.5) is 0 Å². The van der Waals surface area contributed by atoms with Crippen LogP contribution in [0.1, 0.15) is 85.0 Å². The van der Waals surface area contributed by atoms with E-state index in [1.54, 1.807) is 11.1 Å². The Morgan fingerprint density at radius 2 is 1.48 bits per heavy atom. The van der Waals surface area contributed by atoms with Gasteiger partial charge in [-0.3, -0.25) is 0 Å². The summed E-state index contributed by atoms with van der Waals surface area (Å²) in [5.74, 6) is 0. The summed E-state index contributed by atoms with van der Waals surface area (Å²) in [4.78, 5) is 0. The van der Waals surface area contributed by atoms with E-state index in [1.807, 2.05) is 12.2 Å². The Balaban J connectivity index is 4.49. The molecule has 0 spiro atoms. The molecule has 0 unspecified atom stereocenters. The Hall–Kier alpha value is -1.04. The van der Waals surface area contributed by atoms with E-state index in [-0.39, 0.29) is 0 Å². The molecule has 0 atom stereocenters. The second-order valence-electron chi connectivity index (χ2n) is 6.12. The summed E-state index contributed by atoms with van der Waals surface area (Å²) in [5, 5.41) is 0. The van der Waals surface area contributed by atoms with Gasteiger partial charge in [0.1, 0.15) is 0 Å². The maximum absolute atomic E-state index is 3.86. The molecule has 120 valence electrons. The molecule has 0 heteroatoms. The second kappa shape index (κ2) is 13.9. The van der Waals surface area contributed by atoms with Crippen LogP contribution in [-0.2, 0) is 0 Å². The zero-order valence-electron chi connectivity index (χ0n) is 14.7. The van der Waals surface area contributed by atoms with Crippen LogP contribution in [0.25, 0.3) is 0 Å². The fourth-order valence-electron chi connectivity index (χ4n) is 2.61. The highest BCUT2D eigenvalue weighted by Crippen LogP contribution is 2.24. The van der Waals surface area contributed by atoms with E-state index in [1.165, 1.54) is 56.9 Å². The summed E-state index contributed by atoms with van der Waals surface area (Å²) >= 11 is 0. The lowest BCUT2D eigenvalue weighted by molar-refractivity contribution is 0.636. The topological polar surface area (TPSA) is 0 Å². The highest BCUT2D eigenvalue weighted by atomic mass is 14.1. The van der Waals surface area contributed by atoms with Gasteiger partial charge in [0.05, 0.1) is 0 Å². The summed E-state index contributed by atoms with van der Waals surface area (Å²) in [7, 11) is 0. The van der Waals surface area contributed by atoms with Gasteiger partial charge in [-0.15, -0.1) is 13.2 Å². The van der Waals surface area contributed by atoms with Crippen molar-refractivity contribution < 1.29 is 0 Å². The fraction of sp³-hybridized carbons (Fsp3) is 0.619. The van der Waals surface area contributed by atoms with Crippen molar-refractivity contribution in [3.63, 3.8) is 0 Å². The molecular weight excluding hydrogens is 252 g/mol. The van der Waals surface area contributed by atoms with Gasteiger partial charge in [0.25, 0.3) is 0 Å².